The number of rotatable bonds is 4. The van der Waals surface area contributed by atoms with Gasteiger partial charge in [0.25, 0.3) is 0 Å². The summed E-state index contributed by atoms with van der Waals surface area (Å²) < 4.78 is 4.66. The summed E-state index contributed by atoms with van der Waals surface area (Å²) in [5.74, 6) is -0.349. The molecule has 0 unspecified atom stereocenters. The molecular formula is C8H15NO2. The third-order valence-corrected chi connectivity index (χ3v) is 1.13. The van der Waals surface area contributed by atoms with Gasteiger partial charge in [-0.3, -0.25) is 0 Å². The maximum absolute atomic E-state index is 10.7. The Morgan fingerprint density at radius 2 is 2.18 bits per heavy atom. The molecule has 0 aliphatic carbocycles. The van der Waals surface area contributed by atoms with Gasteiger partial charge in [0.2, 0.25) is 0 Å². The third kappa shape index (κ3) is 5.45. The minimum absolute atomic E-state index is 0.349. The van der Waals surface area contributed by atoms with Crippen molar-refractivity contribution >= 4 is 5.97 Å². The molecule has 0 bridgehead atoms. The van der Waals surface area contributed by atoms with Gasteiger partial charge in [0.1, 0.15) is 0 Å². The zero-order chi connectivity index (χ0) is 8.69. The molecule has 0 radical (unpaired) electrons. The molecule has 0 rings (SSSR count). The van der Waals surface area contributed by atoms with Gasteiger partial charge in [-0.2, -0.15) is 0 Å². The van der Waals surface area contributed by atoms with E-state index in [1.54, 1.807) is 6.92 Å². The first-order valence-corrected chi connectivity index (χ1v) is 3.83. The molecule has 0 aromatic heterocycles. The Morgan fingerprint density at radius 3 is 2.64 bits per heavy atom. The van der Waals surface area contributed by atoms with E-state index in [9.17, 15) is 4.79 Å². The number of carbonyl (C=O) groups excluding carboxylic acids is 1. The van der Waals surface area contributed by atoms with Crippen molar-refractivity contribution < 1.29 is 9.53 Å². The fourth-order valence-corrected chi connectivity index (χ4v) is 0.696. The Balaban J connectivity index is 3.76. The molecule has 0 fully saturated rings. The summed E-state index contributed by atoms with van der Waals surface area (Å²) in [6.07, 6.45) is 3.04. The fraction of sp³-hybridized carbons (Fsp3) is 0.625. The van der Waals surface area contributed by atoms with E-state index >= 15 is 0 Å². The van der Waals surface area contributed by atoms with Crippen LogP contribution in [-0.2, 0) is 9.53 Å². The van der Waals surface area contributed by atoms with Crippen molar-refractivity contribution in [2.24, 2.45) is 5.73 Å². The topological polar surface area (TPSA) is 52.3 Å². The van der Waals surface area contributed by atoms with Crippen molar-refractivity contribution in [2.75, 3.05) is 6.61 Å². The smallest absolute Gasteiger partial charge is 0.332 e. The van der Waals surface area contributed by atoms with Crippen LogP contribution in [0, 0.1) is 0 Å². The summed E-state index contributed by atoms with van der Waals surface area (Å²) >= 11 is 0. The van der Waals surface area contributed by atoms with E-state index in [1.165, 1.54) is 6.08 Å². The number of ether oxygens (including phenoxy) is 1. The summed E-state index contributed by atoms with van der Waals surface area (Å²) in [5.41, 5.74) is 6.06. The molecular weight excluding hydrogens is 142 g/mol. The van der Waals surface area contributed by atoms with Gasteiger partial charge in [-0.15, -0.1) is 0 Å². The van der Waals surface area contributed by atoms with Crippen LogP contribution in [0.5, 0.6) is 0 Å². The molecule has 0 saturated carbocycles. The molecule has 0 aromatic rings. The summed E-state index contributed by atoms with van der Waals surface area (Å²) in [6, 6.07) is 0. The Kier molecular flexibility index (Phi) is 5.25. The lowest BCUT2D eigenvalue weighted by molar-refractivity contribution is -0.137. The lowest BCUT2D eigenvalue weighted by Gasteiger charge is -1.98. The van der Waals surface area contributed by atoms with Gasteiger partial charge in [-0.05, 0) is 13.3 Å². The van der Waals surface area contributed by atoms with Crippen LogP contribution < -0.4 is 5.73 Å². The first-order chi connectivity index (χ1) is 5.20. The van der Waals surface area contributed by atoms with Crippen molar-refractivity contribution in [3.63, 3.8) is 0 Å². The number of allylic oxidation sites excluding steroid dienone is 1. The van der Waals surface area contributed by atoms with Gasteiger partial charge in [-0.25, -0.2) is 4.79 Å². The Labute approximate surface area is 67.2 Å². The second kappa shape index (κ2) is 5.77. The molecule has 0 saturated heterocycles. The number of hydrogen-bond donors (Lipinski definition) is 1. The van der Waals surface area contributed by atoms with Crippen molar-refractivity contribution in [3.05, 3.63) is 11.8 Å². The molecule has 3 nitrogen and oxygen atoms in total. The summed E-state index contributed by atoms with van der Waals surface area (Å²) in [5, 5.41) is 0. The van der Waals surface area contributed by atoms with E-state index in [2.05, 4.69) is 4.74 Å². The fourth-order valence-electron chi connectivity index (χ4n) is 0.696. The average molecular weight is 157 g/mol. The van der Waals surface area contributed by atoms with Crippen molar-refractivity contribution in [1.82, 2.24) is 0 Å². The maximum atomic E-state index is 10.7. The monoisotopic (exact) mass is 157 g/mol. The second-order valence-corrected chi connectivity index (χ2v) is 2.22. The van der Waals surface area contributed by atoms with E-state index < -0.39 is 0 Å². The molecule has 0 aliphatic heterocycles. The van der Waals surface area contributed by atoms with Crippen molar-refractivity contribution in [2.45, 2.75) is 26.7 Å². The minimum atomic E-state index is -0.349. The van der Waals surface area contributed by atoms with E-state index in [1.807, 2.05) is 6.92 Å². The van der Waals surface area contributed by atoms with Gasteiger partial charge in [0, 0.05) is 11.8 Å². The highest BCUT2D eigenvalue weighted by molar-refractivity contribution is 5.82. The SMILES string of the molecule is CCC/C(N)=C/C(=O)OCC. The van der Waals surface area contributed by atoms with Crippen LogP contribution in [0.4, 0.5) is 0 Å². The van der Waals surface area contributed by atoms with E-state index in [0.717, 1.165) is 12.8 Å². The van der Waals surface area contributed by atoms with Crippen molar-refractivity contribution in [3.8, 4) is 0 Å². The van der Waals surface area contributed by atoms with Gasteiger partial charge in [-0.1, -0.05) is 13.3 Å². The first kappa shape index (κ1) is 10.0. The van der Waals surface area contributed by atoms with Gasteiger partial charge in [0.15, 0.2) is 0 Å². The Hall–Kier alpha value is -0.990. The van der Waals surface area contributed by atoms with E-state index in [4.69, 9.17) is 5.73 Å². The van der Waals surface area contributed by atoms with Crippen LogP contribution in [0.15, 0.2) is 11.8 Å². The lowest BCUT2D eigenvalue weighted by atomic mass is 10.2. The normalized spacial score (nSPS) is 11.3. The molecule has 0 atom stereocenters. The van der Waals surface area contributed by atoms with Gasteiger partial charge >= 0.3 is 5.97 Å². The zero-order valence-corrected chi connectivity index (χ0v) is 7.09. The highest BCUT2D eigenvalue weighted by Gasteiger charge is 1.96. The van der Waals surface area contributed by atoms with Crippen LogP contribution in [0.2, 0.25) is 0 Å². The lowest BCUT2D eigenvalue weighted by Crippen LogP contribution is -2.05. The highest BCUT2D eigenvalue weighted by Crippen LogP contribution is 1.96. The number of hydrogen-bond acceptors (Lipinski definition) is 3. The average Bonchev–Trinajstić information content (AvgIpc) is 1.87. The van der Waals surface area contributed by atoms with Crippen LogP contribution in [0.3, 0.4) is 0 Å². The molecule has 0 aromatic carbocycles. The largest absolute Gasteiger partial charge is 0.463 e. The van der Waals surface area contributed by atoms with Crippen LogP contribution in [0.25, 0.3) is 0 Å². The maximum Gasteiger partial charge on any atom is 0.332 e. The molecule has 11 heavy (non-hydrogen) atoms. The standard InChI is InChI=1S/C8H15NO2/c1-3-5-7(9)6-8(10)11-4-2/h6H,3-5,9H2,1-2H3/b7-6-. The van der Waals surface area contributed by atoms with Crippen LogP contribution in [-0.4, -0.2) is 12.6 Å². The number of nitrogens with two attached hydrogens (primary N) is 1. The number of carbonyl (C=O) groups is 1. The van der Waals surface area contributed by atoms with Crippen LogP contribution in [0.1, 0.15) is 26.7 Å². The summed E-state index contributed by atoms with van der Waals surface area (Å²) in [7, 11) is 0. The molecule has 0 amide bonds. The van der Waals surface area contributed by atoms with E-state index in [0.29, 0.717) is 12.3 Å². The summed E-state index contributed by atoms with van der Waals surface area (Å²) in [4.78, 5) is 10.7. The quantitative estimate of drug-likeness (QED) is 0.492. The minimum Gasteiger partial charge on any atom is -0.463 e. The van der Waals surface area contributed by atoms with Gasteiger partial charge in [0.05, 0.1) is 6.61 Å². The molecule has 2 N–H and O–H groups in total. The third-order valence-electron chi connectivity index (χ3n) is 1.13. The predicted octanol–water partition coefficient (Wildman–Crippen LogP) is 1.19. The first-order valence-electron chi connectivity index (χ1n) is 3.83. The second-order valence-electron chi connectivity index (χ2n) is 2.22. The van der Waals surface area contributed by atoms with E-state index in [-0.39, 0.29) is 5.97 Å². The molecule has 0 heterocycles. The Morgan fingerprint density at radius 1 is 1.55 bits per heavy atom. The highest BCUT2D eigenvalue weighted by atomic mass is 16.5. The number of esters is 1. The molecule has 64 valence electrons. The van der Waals surface area contributed by atoms with Gasteiger partial charge < -0.3 is 10.5 Å². The molecule has 0 aliphatic rings. The Bertz CT molecular complexity index is 152. The van der Waals surface area contributed by atoms with Crippen molar-refractivity contribution in [1.29, 1.82) is 0 Å². The molecule has 0 spiro atoms. The summed E-state index contributed by atoms with van der Waals surface area (Å²) in [6.45, 7) is 4.17. The predicted molar refractivity (Wildman–Crippen MR) is 43.8 cm³/mol. The van der Waals surface area contributed by atoms with Crippen LogP contribution >= 0.6 is 0 Å². The zero-order valence-electron chi connectivity index (χ0n) is 7.09. The molecule has 3 heteroatoms.